The molecule has 0 aliphatic carbocycles. The Morgan fingerprint density at radius 1 is 1.16 bits per heavy atom. The summed E-state index contributed by atoms with van der Waals surface area (Å²) in [5.41, 5.74) is 1.91. The SMILES string of the molecule is Fc1ccccc1N1CCN(Cc2cn[nH]c2)CC1. The number of hydrogen-bond donors (Lipinski definition) is 1. The second kappa shape index (κ2) is 5.40. The molecular formula is C14H17FN4. The lowest BCUT2D eigenvalue weighted by Gasteiger charge is -2.36. The third kappa shape index (κ3) is 2.76. The van der Waals surface area contributed by atoms with Gasteiger partial charge in [0.1, 0.15) is 5.82 Å². The van der Waals surface area contributed by atoms with Crippen LogP contribution in [-0.2, 0) is 6.54 Å². The van der Waals surface area contributed by atoms with Crippen LogP contribution in [0.15, 0.2) is 36.7 Å². The molecule has 1 aliphatic heterocycles. The van der Waals surface area contributed by atoms with Crippen LogP contribution in [0.4, 0.5) is 10.1 Å². The first-order chi connectivity index (χ1) is 9.33. The lowest BCUT2D eigenvalue weighted by atomic mass is 10.2. The number of aromatic amines is 1. The van der Waals surface area contributed by atoms with Crippen LogP contribution in [0.1, 0.15) is 5.56 Å². The van der Waals surface area contributed by atoms with E-state index in [1.165, 1.54) is 11.6 Å². The summed E-state index contributed by atoms with van der Waals surface area (Å²) < 4.78 is 13.7. The maximum atomic E-state index is 13.7. The molecule has 19 heavy (non-hydrogen) atoms. The second-order valence-electron chi connectivity index (χ2n) is 4.82. The predicted octanol–water partition coefficient (Wildman–Crippen LogP) is 1.87. The zero-order valence-corrected chi connectivity index (χ0v) is 10.7. The molecule has 5 heteroatoms. The Labute approximate surface area is 111 Å². The van der Waals surface area contributed by atoms with Crippen LogP contribution in [0.3, 0.4) is 0 Å². The topological polar surface area (TPSA) is 35.2 Å². The number of nitrogens with zero attached hydrogens (tertiary/aromatic N) is 3. The van der Waals surface area contributed by atoms with Crippen molar-refractivity contribution < 1.29 is 4.39 Å². The smallest absolute Gasteiger partial charge is 0.146 e. The molecule has 100 valence electrons. The Balaban J connectivity index is 1.59. The van der Waals surface area contributed by atoms with E-state index in [0.29, 0.717) is 5.69 Å². The molecule has 0 atom stereocenters. The van der Waals surface area contributed by atoms with Gasteiger partial charge in [-0.2, -0.15) is 5.10 Å². The molecular weight excluding hydrogens is 243 g/mol. The van der Waals surface area contributed by atoms with Crippen molar-refractivity contribution in [2.45, 2.75) is 6.54 Å². The quantitative estimate of drug-likeness (QED) is 0.915. The van der Waals surface area contributed by atoms with E-state index in [2.05, 4.69) is 20.0 Å². The number of halogens is 1. The molecule has 1 aromatic carbocycles. The lowest BCUT2D eigenvalue weighted by Crippen LogP contribution is -2.46. The van der Waals surface area contributed by atoms with Crippen LogP contribution >= 0.6 is 0 Å². The first-order valence-electron chi connectivity index (χ1n) is 6.52. The van der Waals surface area contributed by atoms with Crippen molar-refractivity contribution in [3.8, 4) is 0 Å². The van der Waals surface area contributed by atoms with Gasteiger partial charge < -0.3 is 4.90 Å². The number of hydrogen-bond acceptors (Lipinski definition) is 3. The van der Waals surface area contributed by atoms with Gasteiger partial charge in [-0.25, -0.2) is 4.39 Å². The van der Waals surface area contributed by atoms with E-state index < -0.39 is 0 Å². The monoisotopic (exact) mass is 260 g/mol. The molecule has 4 nitrogen and oxygen atoms in total. The maximum absolute atomic E-state index is 13.7. The fourth-order valence-electron chi connectivity index (χ4n) is 2.48. The molecule has 0 saturated carbocycles. The van der Waals surface area contributed by atoms with Crippen molar-refractivity contribution in [3.63, 3.8) is 0 Å². The number of nitrogens with one attached hydrogen (secondary N) is 1. The molecule has 1 N–H and O–H groups in total. The van der Waals surface area contributed by atoms with E-state index in [-0.39, 0.29) is 5.82 Å². The average molecular weight is 260 g/mol. The number of H-pyrrole nitrogens is 1. The van der Waals surface area contributed by atoms with Gasteiger partial charge in [0.15, 0.2) is 0 Å². The van der Waals surface area contributed by atoms with Crippen LogP contribution in [0.2, 0.25) is 0 Å². The first-order valence-corrected chi connectivity index (χ1v) is 6.52. The first kappa shape index (κ1) is 12.2. The van der Waals surface area contributed by atoms with E-state index in [1.54, 1.807) is 6.07 Å². The highest BCUT2D eigenvalue weighted by molar-refractivity contribution is 5.47. The van der Waals surface area contributed by atoms with Gasteiger partial charge in [0, 0.05) is 44.5 Å². The fraction of sp³-hybridized carbons (Fsp3) is 0.357. The standard InChI is InChI=1S/C14H17FN4/c15-13-3-1-2-4-14(13)19-7-5-18(6-8-19)11-12-9-16-17-10-12/h1-4,9-10H,5-8,11H2,(H,16,17). The van der Waals surface area contributed by atoms with Gasteiger partial charge in [0.05, 0.1) is 11.9 Å². The number of rotatable bonds is 3. The van der Waals surface area contributed by atoms with E-state index in [9.17, 15) is 4.39 Å². The molecule has 2 aromatic rings. The Bertz CT molecular complexity index is 518. The minimum absolute atomic E-state index is 0.134. The molecule has 3 rings (SSSR count). The number of aromatic nitrogens is 2. The minimum atomic E-state index is -0.134. The highest BCUT2D eigenvalue weighted by Crippen LogP contribution is 2.20. The zero-order chi connectivity index (χ0) is 13.1. The summed E-state index contributed by atoms with van der Waals surface area (Å²) in [6, 6.07) is 6.98. The molecule has 0 amide bonds. The summed E-state index contributed by atoms with van der Waals surface area (Å²) >= 11 is 0. The lowest BCUT2D eigenvalue weighted by molar-refractivity contribution is 0.249. The van der Waals surface area contributed by atoms with Crippen molar-refractivity contribution in [1.29, 1.82) is 0 Å². The van der Waals surface area contributed by atoms with Gasteiger partial charge in [-0.3, -0.25) is 10.00 Å². The number of anilines is 1. The second-order valence-corrected chi connectivity index (χ2v) is 4.82. The Morgan fingerprint density at radius 2 is 1.95 bits per heavy atom. The molecule has 1 aromatic heterocycles. The van der Waals surface area contributed by atoms with Crippen LogP contribution in [-0.4, -0.2) is 41.3 Å². The number of piperazine rings is 1. The van der Waals surface area contributed by atoms with E-state index in [1.807, 2.05) is 24.5 Å². The maximum Gasteiger partial charge on any atom is 0.146 e. The largest absolute Gasteiger partial charge is 0.367 e. The summed E-state index contributed by atoms with van der Waals surface area (Å²) in [6.07, 6.45) is 3.77. The van der Waals surface area contributed by atoms with Gasteiger partial charge in [-0.1, -0.05) is 12.1 Å². The summed E-state index contributed by atoms with van der Waals surface area (Å²) in [5, 5.41) is 6.77. The van der Waals surface area contributed by atoms with Crippen molar-refractivity contribution in [2.75, 3.05) is 31.1 Å². The molecule has 0 unspecified atom stereocenters. The van der Waals surface area contributed by atoms with E-state index >= 15 is 0 Å². The molecule has 0 spiro atoms. The summed E-state index contributed by atoms with van der Waals surface area (Å²) in [4.78, 5) is 4.48. The van der Waals surface area contributed by atoms with Crippen molar-refractivity contribution in [1.82, 2.24) is 15.1 Å². The molecule has 1 fully saturated rings. The molecule has 1 aliphatic rings. The van der Waals surface area contributed by atoms with Gasteiger partial charge in [0.25, 0.3) is 0 Å². The van der Waals surface area contributed by atoms with Gasteiger partial charge in [0.2, 0.25) is 0 Å². The van der Waals surface area contributed by atoms with Crippen LogP contribution in [0.5, 0.6) is 0 Å². The normalized spacial score (nSPS) is 16.8. The summed E-state index contributed by atoms with van der Waals surface area (Å²) in [6.45, 7) is 4.51. The Kier molecular flexibility index (Phi) is 3.46. The van der Waals surface area contributed by atoms with E-state index in [4.69, 9.17) is 0 Å². The van der Waals surface area contributed by atoms with Crippen LogP contribution < -0.4 is 4.90 Å². The van der Waals surface area contributed by atoms with Gasteiger partial charge >= 0.3 is 0 Å². The predicted molar refractivity (Wildman–Crippen MR) is 72.5 cm³/mol. The Morgan fingerprint density at radius 3 is 2.63 bits per heavy atom. The molecule has 2 heterocycles. The third-order valence-electron chi connectivity index (χ3n) is 3.53. The van der Waals surface area contributed by atoms with E-state index in [0.717, 1.165) is 32.7 Å². The van der Waals surface area contributed by atoms with Crippen molar-refractivity contribution in [3.05, 3.63) is 48.0 Å². The molecule has 1 saturated heterocycles. The average Bonchev–Trinajstić information content (AvgIpc) is 2.93. The van der Waals surface area contributed by atoms with Crippen LogP contribution in [0.25, 0.3) is 0 Å². The summed E-state index contributed by atoms with van der Waals surface area (Å²) in [7, 11) is 0. The third-order valence-corrected chi connectivity index (χ3v) is 3.53. The Hall–Kier alpha value is -1.88. The van der Waals surface area contributed by atoms with Crippen LogP contribution in [0, 0.1) is 5.82 Å². The van der Waals surface area contributed by atoms with Gasteiger partial charge in [-0.05, 0) is 12.1 Å². The fourth-order valence-corrected chi connectivity index (χ4v) is 2.48. The zero-order valence-electron chi connectivity index (χ0n) is 10.7. The van der Waals surface area contributed by atoms with Crippen molar-refractivity contribution >= 4 is 5.69 Å². The number of benzene rings is 1. The molecule has 0 radical (unpaired) electrons. The molecule has 0 bridgehead atoms. The highest BCUT2D eigenvalue weighted by Gasteiger charge is 2.19. The summed E-state index contributed by atoms with van der Waals surface area (Å²) in [5.74, 6) is -0.134. The van der Waals surface area contributed by atoms with Crippen molar-refractivity contribution in [2.24, 2.45) is 0 Å². The minimum Gasteiger partial charge on any atom is -0.367 e. The number of para-hydroxylation sites is 1. The highest BCUT2D eigenvalue weighted by atomic mass is 19.1. The van der Waals surface area contributed by atoms with Gasteiger partial charge in [-0.15, -0.1) is 0 Å².